The van der Waals surface area contributed by atoms with Crippen molar-refractivity contribution in [2.75, 3.05) is 39.7 Å². The van der Waals surface area contributed by atoms with Crippen LogP contribution in [0.3, 0.4) is 0 Å². The summed E-state index contributed by atoms with van der Waals surface area (Å²) in [7, 11) is 4.67. The fourth-order valence-electron chi connectivity index (χ4n) is 4.13. The molecule has 0 bridgehead atoms. The highest BCUT2D eigenvalue weighted by Crippen LogP contribution is 2.28. The first kappa shape index (κ1) is 26.7. The zero-order valence-corrected chi connectivity index (χ0v) is 21.1. The van der Waals surface area contributed by atoms with Crippen LogP contribution in [0.5, 0.6) is 17.2 Å². The number of amides is 4. The first-order chi connectivity index (χ1) is 17.3. The molecule has 1 fully saturated rings. The number of hydrogen-bond donors (Lipinski definition) is 3. The summed E-state index contributed by atoms with van der Waals surface area (Å²) in [5.41, 5.74) is 1.48. The van der Waals surface area contributed by atoms with Gasteiger partial charge in [0, 0.05) is 44.2 Å². The minimum absolute atomic E-state index is 0.0972. The van der Waals surface area contributed by atoms with Gasteiger partial charge in [0.1, 0.15) is 11.8 Å². The molecular weight excluding hydrogens is 464 g/mol. The number of likely N-dealkylation sites (tertiary alicyclic amines) is 1. The molecule has 0 saturated carbocycles. The van der Waals surface area contributed by atoms with Gasteiger partial charge in [0.05, 0.1) is 21.3 Å². The molecule has 4 amide bonds. The Morgan fingerprint density at radius 1 is 0.972 bits per heavy atom. The number of rotatable bonds is 9. The van der Waals surface area contributed by atoms with E-state index in [9.17, 15) is 14.4 Å². The van der Waals surface area contributed by atoms with Gasteiger partial charge in [-0.15, -0.1) is 0 Å². The molecule has 0 radical (unpaired) electrons. The normalized spacial score (nSPS) is 14.4. The lowest BCUT2D eigenvalue weighted by molar-refractivity contribution is -0.128. The van der Waals surface area contributed by atoms with Gasteiger partial charge in [-0.3, -0.25) is 9.59 Å². The van der Waals surface area contributed by atoms with Crippen LogP contribution >= 0.6 is 0 Å². The molecule has 3 rings (SSSR count). The Morgan fingerprint density at radius 3 is 2.33 bits per heavy atom. The zero-order valence-electron chi connectivity index (χ0n) is 21.1. The standard InChI is InChI=1S/C26H34N4O6/c1-17(31)27-22(14-18-8-9-23(35-3)24(15-18)36-4)25(32)28-19-10-12-30(13-11-19)26(33)29-20-6-5-7-21(16-20)34-2/h5-9,15-16,19,22H,10-14H2,1-4H3,(H,27,31)(H,28,32)(H,29,33)/t22-/m0/s1. The van der Waals surface area contributed by atoms with Crippen molar-refractivity contribution in [1.29, 1.82) is 0 Å². The summed E-state index contributed by atoms with van der Waals surface area (Å²) in [6.45, 7) is 2.39. The van der Waals surface area contributed by atoms with Crippen LogP contribution in [0.25, 0.3) is 0 Å². The predicted octanol–water partition coefficient (Wildman–Crippen LogP) is 2.57. The molecule has 10 heteroatoms. The van der Waals surface area contributed by atoms with Gasteiger partial charge in [0.2, 0.25) is 11.8 Å². The van der Waals surface area contributed by atoms with Crippen molar-refractivity contribution in [3.8, 4) is 17.2 Å². The van der Waals surface area contributed by atoms with Gasteiger partial charge in [0.15, 0.2) is 11.5 Å². The molecule has 1 heterocycles. The molecule has 0 aliphatic carbocycles. The Morgan fingerprint density at radius 2 is 1.69 bits per heavy atom. The van der Waals surface area contributed by atoms with Crippen molar-refractivity contribution in [3.05, 3.63) is 48.0 Å². The Hall–Kier alpha value is -3.95. The van der Waals surface area contributed by atoms with E-state index in [2.05, 4.69) is 16.0 Å². The first-order valence-electron chi connectivity index (χ1n) is 11.8. The van der Waals surface area contributed by atoms with Crippen LogP contribution in [0.1, 0.15) is 25.3 Å². The molecule has 36 heavy (non-hydrogen) atoms. The third kappa shape index (κ3) is 7.27. The van der Waals surface area contributed by atoms with E-state index in [1.807, 2.05) is 18.2 Å². The quantitative estimate of drug-likeness (QED) is 0.489. The lowest BCUT2D eigenvalue weighted by Gasteiger charge is -2.33. The zero-order chi connectivity index (χ0) is 26.1. The van der Waals surface area contributed by atoms with E-state index in [1.165, 1.54) is 6.92 Å². The Labute approximate surface area is 211 Å². The number of carbonyl (C=O) groups is 3. The lowest BCUT2D eigenvalue weighted by Crippen LogP contribution is -2.53. The average Bonchev–Trinajstić information content (AvgIpc) is 2.88. The van der Waals surface area contributed by atoms with Crippen molar-refractivity contribution < 1.29 is 28.6 Å². The largest absolute Gasteiger partial charge is 0.497 e. The summed E-state index contributed by atoms with van der Waals surface area (Å²) >= 11 is 0. The number of piperidine rings is 1. The Balaban J connectivity index is 1.55. The molecule has 2 aromatic rings. The van der Waals surface area contributed by atoms with Crippen molar-refractivity contribution in [3.63, 3.8) is 0 Å². The predicted molar refractivity (Wildman–Crippen MR) is 136 cm³/mol. The van der Waals surface area contributed by atoms with Gasteiger partial charge < -0.3 is 35.1 Å². The highest BCUT2D eigenvalue weighted by molar-refractivity contribution is 5.90. The minimum atomic E-state index is -0.741. The fourth-order valence-corrected chi connectivity index (χ4v) is 4.13. The highest BCUT2D eigenvalue weighted by Gasteiger charge is 2.27. The maximum atomic E-state index is 13.1. The summed E-state index contributed by atoms with van der Waals surface area (Å²) in [4.78, 5) is 39.2. The minimum Gasteiger partial charge on any atom is -0.497 e. The van der Waals surface area contributed by atoms with Gasteiger partial charge in [-0.1, -0.05) is 12.1 Å². The smallest absolute Gasteiger partial charge is 0.321 e. The monoisotopic (exact) mass is 498 g/mol. The molecule has 3 N–H and O–H groups in total. The third-order valence-corrected chi connectivity index (χ3v) is 6.03. The SMILES string of the molecule is COc1cccc(NC(=O)N2CCC(NC(=O)[C@H](Cc3ccc(OC)c(OC)c3)NC(C)=O)CC2)c1. The summed E-state index contributed by atoms with van der Waals surface area (Å²) in [5.74, 6) is 1.25. The Kier molecular flexibility index (Phi) is 9.38. The van der Waals surface area contributed by atoms with Crippen LogP contribution in [0.2, 0.25) is 0 Å². The molecule has 1 aliphatic heterocycles. The summed E-state index contributed by atoms with van der Waals surface area (Å²) in [6.07, 6.45) is 1.52. The van der Waals surface area contributed by atoms with Crippen molar-refractivity contribution in [2.24, 2.45) is 0 Å². The van der Waals surface area contributed by atoms with E-state index in [0.29, 0.717) is 55.3 Å². The van der Waals surface area contributed by atoms with Crippen LogP contribution in [0.15, 0.2) is 42.5 Å². The summed E-state index contributed by atoms with van der Waals surface area (Å²) in [6, 6.07) is 11.5. The number of anilines is 1. The molecule has 0 unspecified atom stereocenters. The number of benzene rings is 2. The van der Waals surface area contributed by atoms with Crippen LogP contribution < -0.4 is 30.2 Å². The van der Waals surface area contributed by atoms with Gasteiger partial charge in [-0.25, -0.2) is 4.79 Å². The van der Waals surface area contributed by atoms with E-state index < -0.39 is 6.04 Å². The van der Waals surface area contributed by atoms with Gasteiger partial charge in [0.25, 0.3) is 0 Å². The number of ether oxygens (including phenoxy) is 3. The summed E-state index contributed by atoms with van der Waals surface area (Å²) in [5, 5.41) is 8.65. The van der Waals surface area contributed by atoms with Crippen molar-refractivity contribution in [2.45, 2.75) is 38.3 Å². The second-order valence-electron chi connectivity index (χ2n) is 8.58. The number of methoxy groups -OCH3 is 3. The molecule has 1 aliphatic rings. The van der Waals surface area contributed by atoms with E-state index in [4.69, 9.17) is 14.2 Å². The number of carbonyl (C=O) groups excluding carboxylic acids is 3. The van der Waals surface area contributed by atoms with Gasteiger partial charge in [-0.05, 0) is 42.7 Å². The molecule has 2 aromatic carbocycles. The van der Waals surface area contributed by atoms with Crippen molar-refractivity contribution >= 4 is 23.5 Å². The number of nitrogens with one attached hydrogen (secondary N) is 3. The molecule has 194 valence electrons. The van der Waals surface area contributed by atoms with E-state index in [1.54, 1.807) is 50.5 Å². The van der Waals surface area contributed by atoms with Crippen LogP contribution in [0, 0.1) is 0 Å². The van der Waals surface area contributed by atoms with Crippen LogP contribution in [-0.4, -0.2) is 69.2 Å². The first-order valence-corrected chi connectivity index (χ1v) is 11.8. The topological polar surface area (TPSA) is 118 Å². The van der Waals surface area contributed by atoms with Gasteiger partial charge >= 0.3 is 6.03 Å². The summed E-state index contributed by atoms with van der Waals surface area (Å²) < 4.78 is 15.8. The fraction of sp³-hybridized carbons (Fsp3) is 0.423. The van der Waals surface area contributed by atoms with E-state index >= 15 is 0 Å². The molecule has 0 aromatic heterocycles. The Bertz CT molecular complexity index is 1070. The number of urea groups is 1. The van der Waals surface area contributed by atoms with Crippen molar-refractivity contribution in [1.82, 2.24) is 15.5 Å². The van der Waals surface area contributed by atoms with Crippen LogP contribution in [0.4, 0.5) is 10.5 Å². The lowest BCUT2D eigenvalue weighted by atomic mass is 10.0. The molecule has 10 nitrogen and oxygen atoms in total. The van der Waals surface area contributed by atoms with Crippen LogP contribution in [-0.2, 0) is 16.0 Å². The maximum Gasteiger partial charge on any atom is 0.321 e. The second kappa shape index (κ2) is 12.7. The van der Waals surface area contributed by atoms with Gasteiger partial charge in [-0.2, -0.15) is 0 Å². The highest BCUT2D eigenvalue weighted by atomic mass is 16.5. The average molecular weight is 499 g/mol. The second-order valence-corrected chi connectivity index (χ2v) is 8.58. The molecular formula is C26H34N4O6. The molecule has 1 saturated heterocycles. The molecule has 1 atom stereocenters. The van der Waals surface area contributed by atoms with E-state index in [-0.39, 0.29) is 23.9 Å². The third-order valence-electron chi connectivity index (χ3n) is 6.03. The number of hydrogen-bond acceptors (Lipinski definition) is 6. The van der Waals surface area contributed by atoms with E-state index in [0.717, 1.165) is 5.56 Å². The molecule has 0 spiro atoms. The number of nitrogens with zero attached hydrogens (tertiary/aromatic N) is 1. The maximum absolute atomic E-state index is 13.1.